The topological polar surface area (TPSA) is 67.3 Å². The van der Waals surface area contributed by atoms with Crippen molar-refractivity contribution in [3.05, 3.63) is 40.8 Å². The number of likely N-dealkylation sites (N-methyl/N-ethyl adjacent to an activating group) is 1. The minimum atomic E-state index is -0.387. The molecule has 0 unspecified atom stereocenters. The molecular formula is C22H26N4O2S. The van der Waals surface area contributed by atoms with Crippen LogP contribution in [0.2, 0.25) is 0 Å². The molecule has 2 aromatic heterocycles. The van der Waals surface area contributed by atoms with Crippen molar-refractivity contribution in [3.63, 3.8) is 0 Å². The van der Waals surface area contributed by atoms with Gasteiger partial charge in [0.1, 0.15) is 5.56 Å². The van der Waals surface area contributed by atoms with E-state index >= 15 is 0 Å². The van der Waals surface area contributed by atoms with Gasteiger partial charge >= 0.3 is 5.97 Å². The normalized spacial score (nSPS) is 17.4. The number of esters is 1. The van der Waals surface area contributed by atoms with Crippen LogP contribution in [0.1, 0.15) is 35.7 Å². The standard InChI is InChI=1S/C22H26N4O2S/c1-4-26-10-5-6-17(13-26)23-21-19(22(27)28-3)14(2)20(24-25-21)16-8-7-15-9-11-29-18(15)12-16/h7-9,11-12,17H,4-6,10,13H2,1-3H3,(H,23,25)/t17-/m1/s1. The molecule has 152 valence electrons. The van der Waals surface area contributed by atoms with Crippen molar-refractivity contribution in [2.45, 2.75) is 32.7 Å². The molecule has 0 saturated carbocycles. The van der Waals surface area contributed by atoms with Crippen LogP contribution in [0.3, 0.4) is 0 Å². The molecule has 1 atom stereocenters. The highest BCUT2D eigenvalue weighted by atomic mass is 32.1. The van der Waals surface area contributed by atoms with Crippen LogP contribution in [0.25, 0.3) is 21.3 Å². The smallest absolute Gasteiger partial charge is 0.342 e. The molecule has 1 aliphatic rings. The summed E-state index contributed by atoms with van der Waals surface area (Å²) in [5.74, 6) is 0.125. The average Bonchev–Trinajstić information content (AvgIpc) is 3.21. The predicted octanol–water partition coefficient (Wildman–Crippen LogP) is 4.35. The Balaban J connectivity index is 1.71. The van der Waals surface area contributed by atoms with Gasteiger partial charge in [-0.15, -0.1) is 21.5 Å². The molecule has 0 amide bonds. The number of hydrogen-bond acceptors (Lipinski definition) is 7. The van der Waals surface area contributed by atoms with Gasteiger partial charge in [-0.3, -0.25) is 0 Å². The zero-order valence-corrected chi connectivity index (χ0v) is 17.9. The summed E-state index contributed by atoms with van der Waals surface area (Å²) >= 11 is 1.69. The van der Waals surface area contributed by atoms with Crippen molar-refractivity contribution >= 4 is 33.2 Å². The number of hydrogen-bond donors (Lipinski definition) is 1. The van der Waals surface area contributed by atoms with Crippen LogP contribution in [-0.4, -0.2) is 53.9 Å². The van der Waals surface area contributed by atoms with E-state index in [1.807, 2.05) is 13.0 Å². The SMILES string of the molecule is CCN1CCC[C@@H](Nc2nnc(-c3ccc4ccsc4c3)c(C)c2C(=O)OC)C1. The maximum atomic E-state index is 12.6. The van der Waals surface area contributed by atoms with Crippen LogP contribution >= 0.6 is 11.3 Å². The second-order valence-corrected chi connectivity index (χ2v) is 8.39. The quantitative estimate of drug-likeness (QED) is 0.631. The molecular weight excluding hydrogens is 384 g/mol. The number of rotatable bonds is 5. The summed E-state index contributed by atoms with van der Waals surface area (Å²) in [6.45, 7) is 7.17. The second kappa shape index (κ2) is 8.47. The Morgan fingerprint density at radius 1 is 1.34 bits per heavy atom. The van der Waals surface area contributed by atoms with E-state index < -0.39 is 0 Å². The van der Waals surface area contributed by atoms with Gasteiger partial charge in [-0.25, -0.2) is 4.79 Å². The summed E-state index contributed by atoms with van der Waals surface area (Å²) in [4.78, 5) is 15.0. The van der Waals surface area contributed by atoms with Crippen LogP contribution < -0.4 is 5.32 Å². The lowest BCUT2D eigenvalue weighted by atomic mass is 10.0. The predicted molar refractivity (Wildman–Crippen MR) is 118 cm³/mol. The number of piperidine rings is 1. The first-order valence-electron chi connectivity index (χ1n) is 10.0. The zero-order chi connectivity index (χ0) is 20.4. The first-order chi connectivity index (χ1) is 14.1. The number of nitrogens with one attached hydrogen (secondary N) is 1. The molecule has 0 bridgehead atoms. The number of likely N-dealkylation sites (tertiary alicyclic amines) is 1. The molecule has 1 N–H and O–H groups in total. The van der Waals surface area contributed by atoms with Crippen LogP contribution in [0, 0.1) is 6.92 Å². The van der Waals surface area contributed by atoms with Gasteiger partial charge in [0.15, 0.2) is 5.82 Å². The Morgan fingerprint density at radius 3 is 3.00 bits per heavy atom. The fourth-order valence-electron chi connectivity index (χ4n) is 4.00. The lowest BCUT2D eigenvalue weighted by Gasteiger charge is -2.32. The van der Waals surface area contributed by atoms with E-state index in [0.29, 0.717) is 17.1 Å². The number of methoxy groups -OCH3 is 1. The van der Waals surface area contributed by atoms with E-state index in [4.69, 9.17) is 4.74 Å². The molecule has 1 aliphatic heterocycles. The number of nitrogens with zero attached hydrogens (tertiary/aromatic N) is 3. The number of benzene rings is 1. The molecule has 6 nitrogen and oxygen atoms in total. The van der Waals surface area contributed by atoms with Gasteiger partial charge in [-0.2, -0.15) is 0 Å². The fraction of sp³-hybridized carbons (Fsp3) is 0.409. The maximum absolute atomic E-state index is 12.6. The lowest BCUT2D eigenvalue weighted by molar-refractivity contribution is 0.0600. The van der Waals surface area contributed by atoms with Gasteiger partial charge in [0.05, 0.1) is 12.8 Å². The van der Waals surface area contributed by atoms with Gasteiger partial charge < -0.3 is 15.0 Å². The molecule has 7 heteroatoms. The highest BCUT2D eigenvalue weighted by Gasteiger charge is 2.25. The van der Waals surface area contributed by atoms with Gasteiger partial charge in [-0.05, 0) is 61.3 Å². The van der Waals surface area contributed by atoms with Gasteiger partial charge in [0.25, 0.3) is 0 Å². The second-order valence-electron chi connectivity index (χ2n) is 7.44. The monoisotopic (exact) mass is 410 g/mol. The Bertz CT molecular complexity index is 1030. The summed E-state index contributed by atoms with van der Waals surface area (Å²) in [5.41, 5.74) is 2.92. The molecule has 0 aliphatic carbocycles. The molecule has 0 radical (unpaired) electrons. The van der Waals surface area contributed by atoms with Crippen molar-refractivity contribution in [1.82, 2.24) is 15.1 Å². The number of anilines is 1. The molecule has 0 spiro atoms. The van der Waals surface area contributed by atoms with E-state index in [9.17, 15) is 4.79 Å². The lowest BCUT2D eigenvalue weighted by Crippen LogP contribution is -2.42. The molecule has 1 aromatic carbocycles. The fourth-order valence-corrected chi connectivity index (χ4v) is 4.83. The van der Waals surface area contributed by atoms with Crippen LogP contribution in [0.15, 0.2) is 29.6 Å². The maximum Gasteiger partial charge on any atom is 0.342 e. The molecule has 1 saturated heterocycles. The first kappa shape index (κ1) is 19.8. The third-order valence-corrected chi connectivity index (χ3v) is 6.51. The van der Waals surface area contributed by atoms with E-state index in [0.717, 1.165) is 43.6 Å². The Morgan fingerprint density at radius 2 is 2.21 bits per heavy atom. The summed E-state index contributed by atoms with van der Waals surface area (Å²) in [6, 6.07) is 8.55. The van der Waals surface area contributed by atoms with Crippen molar-refractivity contribution in [3.8, 4) is 11.3 Å². The van der Waals surface area contributed by atoms with E-state index in [1.54, 1.807) is 11.3 Å². The van der Waals surface area contributed by atoms with Gasteiger partial charge in [0, 0.05) is 22.8 Å². The highest BCUT2D eigenvalue weighted by molar-refractivity contribution is 7.17. The Kier molecular flexibility index (Phi) is 5.78. The average molecular weight is 411 g/mol. The summed E-state index contributed by atoms with van der Waals surface area (Å²) in [7, 11) is 1.41. The number of carbonyl (C=O) groups excluding carboxylic acids is 1. The Labute approximate surface area is 174 Å². The molecule has 29 heavy (non-hydrogen) atoms. The van der Waals surface area contributed by atoms with Crippen molar-refractivity contribution < 1.29 is 9.53 Å². The van der Waals surface area contributed by atoms with Gasteiger partial charge in [0.2, 0.25) is 0 Å². The first-order valence-corrected chi connectivity index (χ1v) is 10.9. The number of aromatic nitrogens is 2. The highest BCUT2D eigenvalue weighted by Crippen LogP contribution is 2.31. The number of carbonyl (C=O) groups is 1. The summed E-state index contributed by atoms with van der Waals surface area (Å²) in [6.07, 6.45) is 2.18. The molecule has 1 fully saturated rings. The van der Waals surface area contributed by atoms with Crippen LogP contribution in [-0.2, 0) is 4.74 Å². The minimum absolute atomic E-state index is 0.245. The Hall–Kier alpha value is -2.51. The molecule has 4 rings (SSSR count). The van der Waals surface area contributed by atoms with E-state index in [1.165, 1.54) is 17.2 Å². The van der Waals surface area contributed by atoms with Crippen molar-refractivity contribution in [2.75, 3.05) is 32.1 Å². The number of thiophene rings is 1. The summed E-state index contributed by atoms with van der Waals surface area (Å²) < 4.78 is 6.27. The number of fused-ring (bicyclic) bond motifs is 1. The van der Waals surface area contributed by atoms with Crippen molar-refractivity contribution in [2.24, 2.45) is 0 Å². The summed E-state index contributed by atoms with van der Waals surface area (Å²) in [5, 5.41) is 15.6. The van der Waals surface area contributed by atoms with E-state index in [2.05, 4.69) is 50.9 Å². The van der Waals surface area contributed by atoms with Crippen LogP contribution in [0.5, 0.6) is 0 Å². The largest absolute Gasteiger partial charge is 0.465 e. The minimum Gasteiger partial charge on any atom is -0.465 e. The van der Waals surface area contributed by atoms with Crippen molar-refractivity contribution in [1.29, 1.82) is 0 Å². The van der Waals surface area contributed by atoms with Crippen LogP contribution in [0.4, 0.5) is 5.82 Å². The van der Waals surface area contributed by atoms with E-state index in [-0.39, 0.29) is 12.0 Å². The zero-order valence-electron chi connectivity index (χ0n) is 17.1. The molecule has 3 heterocycles. The number of ether oxygens (including phenoxy) is 1. The molecule has 3 aromatic rings. The third-order valence-electron chi connectivity index (χ3n) is 5.63. The third kappa shape index (κ3) is 3.97. The van der Waals surface area contributed by atoms with Gasteiger partial charge in [-0.1, -0.05) is 19.1 Å².